The van der Waals surface area contributed by atoms with Gasteiger partial charge in [-0.15, -0.1) is 0 Å². The Morgan fingerprint density at radius 3 is 2.31 bits per heavy atom. The Morgan fingerprint density at radius 2 is 2.00 bits per heavy atom. The quantitative estimate of drug-likeness (QED) is 0.557. The molecule has 13 heavy (non-hydrogen) atoms. The first-order chi connectivity index (χ1) is 5.99. The van der Waals surface area contributed by atoms with E-state index in [4.69, 9.17) is 5.73 Å². The van der Waals surface area contributed by atoms with Crippen LogP contribution in [0.2, 0.25) is 0 Å². The van der Waals surface area contributed by atoms with Crippen LogP contribution in [0, 0.1) is 5.92 Å². The molecule has 76 valence electrons. The number of hydrogen-bond donors (Lipinski definition) is 2. The molecule has 0 heterocycles. The molecule has 0 spiro atoms. The normalized spacial score (nSPS) is 12.6. The smallest absolute Gasteiger partial charge is 0.319 e. The van der Waals surface area contributed by atoms with Crippen LogP contribution in [0.15, 0.2) is 0 Å². The first-order valence-corrected chi connectivity index (χ1v) is 4.08. The van der Waals surface area contributed by atoms with Crippen molar-refractivity contribution in [1.82, 2.24) is 5.32 Å². The van der Waals surface area contributed by atoms with E-state index in [-0.39, 0.29) is 12.5 Å². The number of carbonyl (C=O) groups excluding carboxylic acids is 2. The molecule has 0 saturated heterocycles. The van der Waals surface area contributed by atoms with E-state index in [1.807, 2.05) is 13.8 Å². The summed E-state index contributed by atoms with van der Waals surface area (Å²) in [6, 6.07) is -0.487. The second kappa shape index (κ2) is 5.53. The second-order valence-electron chi connectivity index (χ2n) is 3.08. The van der Waals surface area contributed by atoms with Crippen LogP contribution >= 0.6 is 0 Å². The fourth-order valence-corrected chi connectivity index (χ4v) is 0.930. The van der Waals surface area contributed by atoms with Gasteiger partial charge in [0.15, 0.2) is 0 Å². The number of hydrogen-bond acceptors (Lipinski definition) is 4. The monoisotopic (exact) mass is 188 g/mol. The minimum Gasteiger partial charge on any atom is -0.468 e. The van der Waals surface area contributed by atoms with Gasteiger partial charge in [-0.1, -0.05) is 13.8 Å². The topological polar surface area (TPSA) is 81.4 Å². The summed E-state index contributed by atoms with van der Waals surface area (Å²) in [7, 11) is 1.29. The van der Waals surface area contributed by atoms with Gasteiger partial charge in [-0.3, -0.25) is 14.9 Å². The molecule has 1 amide bonds. The lowest BCUT2D eigenvalue weighted by atomic mass is 10.0. The van der Waals surface area contributed by atoms with Crippen LogP contribution in [0.1, 0.15) is 13.8 Å². The van der Waals surface area contributed by atoms with Crippen LogP contribution in [0.4, 0.5) is 0 Å². The maximum Gasteiger partial charge on any atom is 0.319 e. The van der Waals surface area contributed by atoms with E-state index in [1.54, 1.807) is 0 Å². The van der Waals surface area contributed by atoms with Gasteiger partial charge in [0.2, 0.25) is 5.91 Å². The molecule has 0 aromatic heterocycles. The fourth-order valence-electron chi connectivity index (χ4n) is 0.930. The highest BCUT2D eigenvalue weighted by molar-refractivity contribution is 5.81. The molecule has 0 fully saturated rings. The lowest BCUT2D eigenvalue weighted by Gasteiger charge is -2.17. The number of nitrogens with one attached hydrogen (secondary N) is 1. The third kappa shape index (κ3) is 4.47. The number of methoxy groups -OCH3 is 1. The summed E-state index contributed by atoms with van der Waals surface area (Å²) in [6.07, 6.45) is 0. The zero-order chi connectivity index (χ0) is 10.4. The number of amides is 1. The molecule has 0 aliphatic heterocycles. The third-order valence-corrected chi connectivity index (χ3v) is 1.67. The van der Waals surface area contributed by atoms with Crippen molar-refractivity contribution in [2.24, 2.45) is 11.7 Å². The average molecular weight is 188 g/mol. The zero-order valence-electron chi connectivity index (χ0n) is 8.16. The molecule has 0 aromatic carbocycles. The van der Waals surface area contributed by atoms with Gasteiger partial charge in [-0.05, 0) is 5.92 Å². The van der Waals surface area contributed by atoms with Gasteiger partial charge in [-0.2, -0.15) is 0 Å². The van der Waals surface area contributed by atoms with Crippen LogP contribution in [0.5, 0.6) is 0 Å². The molecular formula is C8H16N2O3. The molecule has 3 N–H and O–H groups in total. The van der Waals surface area contributed by atoms with E-state index >= 15 is 0 Å². The average Bonchev–Trinajstić information content (AvgIpc) is 2.03. The molecule has 0 aliphatic rings. The Balaban J connectivity index is 3.97. The lowest BCUT2D eigenvalue weighted by molar-refractivity contribution is -0.139. The first-order valence-electron chi connectivity index (χ1n) is 4.08. The predicted octanol–water partition coefficient (Wildman–Crippen LogP) is -0.741. The SMILES string of the molecule is COC(=O)CNC(C(N)=O)C(C)C. The summed E-state index contributed by atoms with van der Waals surface area (Å²) in [4.78, 5) is 21.6. The summed E-state index contributed by atoms with van der Waals surface area (Å²) in [5, 5.41) is 2.72. The number of carbonyl (C=O) groups is 2. The molecule has 0 rings (SSSR count). The van der Waals surface area contributed by atoms with Gasteiger partial charge in [-0.25, -0.2) is 0 Å². The second-order valence-corrected chi connectivity index (χ2v) is 3.08. The van der Waals surface area contributed by atoms with Crippen molar-refractivity contribution in [3.63, 3.8) is 0 Å². The largest absolute Gasteiger partial charge is 0.468 e. The molecule has 0 radical (unpaired) electrons. The van der Waals surface area contributed by atoms with E-state index in [0.29, 0.717) is 0 Å². The van der Waals surface area contributed by atoms with Gasteiger partial charge >= 0.3 is 5.97 Å². The molecule has 1 atom stereocenters. The molecule has 0 saturated carbocycles. The van der Waals surface area contributed by atoms with Gasteiger partial charge in [0.25, 0.3) is 0 Å². The summed E-state index contributed by atoms with van der Waals surface area (Å²) < 4.78 is 4.41. The Labute approximate surface area is 77.6 Å². The number of nitrogens with two attached hydrogens (primary N) is 1. The maximum absolute atomic E-state index is 10.8. The van der Waals surface area contributed by atoms with Gasteiger partial charge in [0.05, 0.1) is 19.7 Å². The molecule has 5 nitrogen and oxygen atoms in total. The molecule has 1 unspecified atom stereocenters. The van der Waals surface area contributed by atoms with Crippen LogP contribution in [-0.4, -0.2) is 31.6 Å². The third-order valence-electron chi connectivity index (χ3n) is 1.67. The maximum atomic E-state index is 10.8. The van der Waals surface area contributed by atoms with E-state index in [1.165, 1.54) is 7.11 Å². The minimum absolute atomic E-state index is 0.00227. The van der Waals surface area contributed by atoms with Crippen LogP contribution < -0.4 is 11.1 Å². The van der Waals surface area contributed by atoms with Gasteiger partial charge in [0, 0.05) is 0 Å². The molecular weight excluding hydrogens is 172 g/mol. The van der Waals surface area contributed by atoms with Crippen molar-refractivity contribution in [2.75, 3.05) is 13.7 Å². The lowest BCUT2D eigenvalue weighted by Crippen LogP contribution is -2.46. The van der Waals surface area contributed by atoms with Crippen LogP contribution in [0.25, 0.3) is 0 Å². The van der Waals surface area contributed by atoms with Crippen LogP contribution in [-0.2, 0) is 14.3 Å². The van der Waals surface area contributed by atoms with E-state index in [2.05, 4.69) is 10.1 Å². The Bertz CT molecular complexity index is 192. The Hall–Kier alpha value is -1.10. The van der Waals surface area contributed by atoms with Crippen molar-refractivity contribution in [2.45, 2.75) is 19.9 Å². The highest BCUT2D eigenvalue weighted by Gasteiger charge is 2.19. The zero-order valence-corrected chi connectivity index (χ0v) is 8.16. The predicted molar refractivity (Wildman–Crippen MR) is 47.8 cm³/mol. The van der Waals surface area contributed by atoms with Gasteiger partial charge < -0.3 is 10.5 Å². The first kappa shape index (κ1) is 11.9. The number of esters is 1. The number of primary amides is 1. The van der Waals surface area contributed by atoms with Crippen molar-refractivity contribution in [1.29, 1.82) is 0 Å². The van der Waals surface area contributed by atoms with E-state index in [0.717, 1.165) is 0 Å². The Morgan fingerprint density at radius 1 is 1.46 bits per heavy atom. The molecule has 0 bridgehead atoms. The Kier molecular flexibility index (Phi) is 5.06. The van der Waals surface area contributed by atoms with Crippen molar-refractivity contribution < 1.29 is 14.3 Å². The summed E-state index contributed by atoms with van der Waals surface area (Å²) >= 11 is 0. The highest BCUT2D eigenvalue weighted by Crippen LogP contribution is 1.99. The van der Waals surface area contributed by atoms with Crippen molar-refractivity contribution in [3.05, 3.63) is 0 Å². The molecule has 5 heteroatoms. The standard InChI is InChI=1S/C8H16N2O3/c1-5(2)7(8(9)12)10-4-6(11)13-3/h5,7,10H,4H2,1-3H3,(H2,9,12). The van der Waals surface area contributed by atoms with Crippen molar-refractivity contribution in [3.8, 4) is 0 Å². The molecule has 0 aromatic rings. The van der Waals surface area contributed by atoms with E-state index < -0.39 is 17.9 Å². The number of rotatable bonds is 5. The molecule has 0 aliphatic carbocycles. The van der Waals surface area contributed by atoms with E-state index in [9.17, 15) is 9.59 Å². The van der Waals surface area contributed by atoms with Gasteiger partial charge in [0.1, 0.15) is 0 Å². The summed E-state index contributed by atoms with van der Waals surface area (Å²) in [5.41, 5.74) is 5.11. The van der Waals surface area contributed by atoms with Crippen LogP contribution in [0.3, 0.4) is 0 Å². The summed E-state index contributed by atoms with van der Waals surface area (Å²) in [5.74, 6) is -0.812. The minimum atomic E-state index is -0.487. The fraction of sp³-hybridized carbons (Fsp3) is 0.750. The summed E-state index contributed by atoms with van der Waals surface area (Å²) in [6.45, 7) is 3.70. The number of ether oxygens (including phenoxy) is 1. The highest BCUT2D eigenvalue weighted by atomic mass is 16.5. The van der Waals surface area contributed by atoms with Crippen molar-refractivity contribution >= 4 is 11.9 Å².